The van der Waals surface area contributed by atoms with Crippen molar-refractivity contribution in [2.45, 2.75) is 85.0 Å². The molecule has 5 atom stereocenters. The lowest BCUT2D eigenvalue weighted by Crippen LogP contribution is -2.59. The highest BCUT2D eigenvalue weighted by atomic mass is 32.2. The molecule has 0 heterocycles. The van der Waals surface area contributed by atoms with Crippen molar-refractivity contribution in [1.29, 1.82) is 0 Å². The lowest BCUT2D eigenvalue weighted by molar-refractivity contribution is -0.144. The highest BCUT2D eigenvalue weighted by molar-refractivity contribution is 7.98. The van der Waals surface area contributed by atoms with Gasteiger partial charge in [0.25, 0.3) is 0 Å². The zero-order chi connectivity index (χ0) is 25.0. The molecule has 32 heavy (non-hydrogen) atoms. The summed E-state index contributed by atoms with van der Waals surface area (Å²) in [6.45, 7) is 11.0. The first-order chi connectivity index (χ1) is 14.8. The molecule has 6 N–H and O–H groups in total. The van der Waals surface area contributed by atoms with Gasteiger partial charge < -0.3 is 26.8 Å². The molecule has 0 aliphatic heterocycles. The van der Waals surface area contributed by atoms with E-state index in [0.717, 1.165) is 5.75 Å². The average molecular weight is 475 g/mol. The maximum Gasteiger partial charge on any atom is 0.326 e. The van der Waals surface area contributed by atoms with Gasteiger partial charge in [0.05, 0.1) is 6.04 Å². The van der Waals surface area contributed by atoms with Crippen molar-refractivity contribution in [3.05, 3.63) is 0 Å². The Labute approximate surface area is 196 Å². The molecule has 9 nitrogen and oxygen atoms in total. The average Bonchev–Trinajstić information content (AvgIpc) is 2.71. The van der Waals surface area contributed by atoms with Gasteiger partial charge in [0.15, 0.2) is 0 Å². The van der Waals surface area contributed by atoms with Crippen LogP contribution in [0.4, 0.5) is 0 Å². The van der Waals surface area contributed by atoms with E-state index >= 15 is 0 Å². The Morgan fingerprint density at radius 1 is 0.906 bits per heavy atom. The zero-order valence-corrected chi connectivity index (χ0v) is 21.3. The summed E-state index contributed by atoms with van der Waals surface area (Å²) in [6.07, 6.45) is 3.37. The molecule has 0 aromatic rings. The monoisotopic (exact) mass is 474 g/mol. The van der Waals surface area contributed by atoms with Gasteiger partial charge in [-0.15, -0.1) is 0 Å². The molecule has 186 valence electrons. The molecular formula is C22H42N4O5S. The summed E-state index contributed by atoms with van der Waals surface area (Å²) < 4.78 is 0. The molecule has 0 aromatic heterocycles. The first kappa shape index (κ1) is 30.2. The number of carboxylic acids is 1. The van der Waals surface area contributed by atoms with E-state index in [4.69, 9.17) is 5.73 Å². The smallest absolute Gasteiger partial charge is 0.326 e. The minimum Gasteiger partial charge on any atom is -0.480 e. The fraction of sp³-hybridized carbons (Fsp3) is 0.818. The number of carbonyl (C=O) groups excluding carboxylic acids is 3. The molecule has 0 aliphatic rings. The summed E-state index contributed by atoms with van der Waals surface area (Å²) in [4.78, 5) is 49.9. The van der Waals surface area contributed by atoms with Crippen LogP contribution in [-0.2, 0) is 19.2 Å². The van der Waals surface area contributed by atoms with E-state index in [1.54, 1.807) is 32.5 Å². The van der Waals surface area contributed by atoms with Crippen molar-refractivity contribution in [2.24, 2.45) is 23.5 Å². The molecule has 0 radical (unpaired) electrons. The Morgan fingerprint density at radius 2 is 1.47 bits per heavy atom. The maximum absolute atomic E-state index is 13.0. The van der Waals surface area contributed by atoms with Gasteiger partial charge in [0, 0.05) is 0 Å². The maximum atomic E-state index is 13.0. The molecule has 0 aromatic carbocycles. The lowest BCUT2D eigenvalue weighted by atomic mass is 9.96. The largest absolute Gasteiger partial charge is 0.480 e. The third-order valence-electron chi connectivity index (χ3n) is 5.33. The number of nitrogens with one attached hydrogen (secondary N) is 3. The van der Waals surface area contributed by atoms with Gasteiger partial charge in [-0.2, -0.15) is 11.8 Å². The second-order valence-electron chi connectivity index (χ2n) is 9.02. The number of carboxylic acid groups (broad SMARTS) is 1. The Hall–Kier alpha value is -1.81. The van der Waals surface area contributed by atoms with Crippen LogP contribution in [0.1, 0.15) is 60.8 Å². The fourth-order valence-corrected chi connectivity index (χ4v) is 3.56. The van der Waals surface area contributed by atoms with Crippen molar-refractivity contribution in [3.8, 4) is 0 Å². The van der Waals surface area contributed by atoms with Crippen LogP contribution >= 0.6 is 11.8 Å². The summed E-state index contributed by atoms with van der Waals surface area (Å²) in [5.74, 6) is -2.30. The molecule has 0 aliphatic carbocycles. The van der Waals surface area contributed by atoms with Gasteiger partial charge in [-0.3, -0.25) is 14.4 Å². The van der Waals surface area contributed by atoms with E-state index in [-0.39, 0.29) is 17.8 Å². The number of carbonyl (C=O) groups is 4. The molecule has 3 amide bonds. The van der Waals surface area contributed by atoms with Crippen molar-refractivity contribution < 1.29 is 24.3 Å². The molecule has 0 bridgehead atoms. The molecule has 10 heteroatoms. The van der Waals surface area contributed by atoms with Gasteiger partial charge >= 0.3 is 5.97 Å². The fourth-order valence-electron chi connectivity index (χ4n) is 3.07. The molecule has 0 saturated heterocycles. The van der Waals surface area contributed by atoms with Crippen LogP contribution in [0.5, 0.6) is 0 Å². The van der Waals surface area contributed by atoms with E-state index < -0.39 is 47.9 Å². The summed E-state index contributed by atoms with van der Waals surface area (Å²) in [5.41, 5.74) is 5.93. The van der Waals surface area contributed by atoms with Gasteiger partial charge in [-0.1, -0.05) is 48.0 Å². The molecule has 0 rings (SSSR count). The van der Waals surface area contributed by atoms with Crippen LogP contribution in [0, 0.1) is 17.8 Å². The highest BCUT2D eigenvalue weighted by Crippen LogP contribution is 2.12. The first-order valence-corrected chi connectivity index (χ1v) is 12.6. The Morgan fingerprint density at radius 3 is 1.91 bits per heavy atom. The minimum atomic E-state index is -1.12. The Bertz CT molecular complexity index is 629. The van der Waals surface area contributed by atoms with E-state index in [1.807, 2.05) is 27.0 Å². The quantitative estimate of drug-likeness (QED) is 0.240. The molecule has 0 saturated carbocycles. The predicted octanol–water partition coefficient (Wildman–Crippen LogP) is 1.35. The standard InChI is InChI=1S/C22H42N4O5S/c1-8-14(6)18(22(30)31)26-21(29)17(13(4)5)25-20(28)16(11-12(2)3)24-19(27)15(23)9-10-32-7/h12-18H,8-11,23H2,1-7H3,(H,24,27)(H,25,28)(H,26,29)(H,30,31). The first-order valence-electron chi connectivity index (χ1n) is 11.2. The van der Waals surface area contributed by atoms with Crippen molar-refractivity contribution in [2.75, 3.05) is 12.0 Å². The van der Waals surface area contributed by atoms with Crippen LogP contribution < -0.4 is 21.7 Å². The number of thioether (sulfide) groups is 1. The number of amides is 3. The summed E-state index contributed by atoms with van der Waals surface area (Å²) >= 11 is 1.58. The Balaban J connectivity index is 5.42. The van der Waals surface area contributed by atoms with Crippen LogP contribution in [-0.4, -0.2) is 65.0 Å². The normalized spacial score (nSPS) is 16.1. The zero-order valence-electron chi connectivity index (χ0n) is 20.4. The Kier molecular flexibility index (Phi) is 14.2. The minimum absolute atomic E-state index is 0.113. The van der Waals surface area contributed by atoms with Crippen LogP contribution in [0.15, 0.2) is 0 Å². The van der Waals surface area contributed by atoms with Crippen molar-refractivity contribution >= 4 is 35.5 Å². The highest BCUT2D eigenvalue weighted by Gasteiger charge is 2.33. The predicted molar refractivity (Wildman–Crippen MR) is 128 cm³/mol. The number of rotatable bonds is 15. The van der Waals surface area contributed by atoms with Gasteiger partial charge in [0.1, 0.15) is 18.1 Å². The van der Waals surface area contributed by atoms with E-state index in [2.05, 4.69) is 16.0 Å². The lowest BCUT2D eigenvalue weighted by Gasteiger charge is -2.28. The number of aliphatic carboxylic acids is 1. The second kappa shape index (κ2) is 15.1. The molecule has 0 fully saturated rings. The van der Waals surface area contributed by atoms with E-state index in [1.165, 1.54) is 0 Å². The summed E-state index contributed by atoms with van der Waals surface area (Å²) in [6, 6.07) is -3.56. The van der Waals surface area contributed by atoms with E-state index in [0.29, 0.717) is 19.3 Å². The van der Waals surface area contributed by atoms with Gasteiger partial charge in [0.2, 0.25) is 17.7 Å². The number of nitrogens with two attached hydrogens (primary N) is 1. The van der Waals surface area contributed by atoms with Crippen LogP contribution in [0.2, 0.25) is 0 Å². The van der Waals surface area contributed by atoms with E-state index in [9.17, 15) is 24.3 Å². The third-order valence-corrected chi connectivity index (χ3v) is 5.98. The SMILES string of the molecule is CCC(C)C(NC(=O)C(NC(=O)C(CC(C)C)NC(=O)C(N)CCSC)C(C)C)C(=O)O. The summed E-state index contributed by atoms with van der Waals surface area (Å²) in [7, 11) is 0. The van der Waals surface area contributed by atoms with Crippen molar-refractivity contribution in [3.63, 3.8) is 0 Å². The number of hydrogen-bond donors (Lipinski definition) is 5. The van der Waals surface area contributed by atoms with Crippen molar-refractivity contribution in [1.82, 2.24) is 16.0 Å². The number of hydrogen-bond acceptors (Lipinski definition) is 6. The molecule has 5 unspecified atom stereocenters. The third kappa shape index (κ3) is 10.7. The van der Waals surface area contributed by atoms with Crippen LogP contribution in [0.3, 0.4) is 0 Å². The van der Waals surface area contributed by atoms with Crippen LogP contribution in [0.25, 0.3) is 0 Å². The second-order valence-corrected chi connectivity index (χ2v) is 10.0. The topological polar surface area (TPSA) is 151 Å². The summed E-state index contributed by atoms with van der Waals surface area (Å²) in [5, 5.41) is 17.4. The molecule has 0 spiro atoms. The van der Waals surface area contributed by atoms with Gasteiger partial charge in [-0.05, 0) is 42.6 Å². The molecular weight excluding hydrogens is 432 g/mol. The van der Waals surface area contributed by atoms with Gasteiger partial charge in [-0.25, -0.2) is 4.79 Å².